The normalized spacial score (nSPS) is 13.7. The number of para-hydroxylation sites is 2. The Bertz CT molecular complexity index is 1190. The van der Waals surface area contributed by atoms with E-state index in [4.69, 9.17) is 10.7 Å². The van der Waals surface area contributed by atoms with E-state index in [0.29, 0.717) is 0 Å². The number of nitrogens with two attached hydrogens (primary N) is 1. The Balaban J connectivity index is 0.00000153. The number of rotatable bonds is 8. The number of anilines is 1. The molecule has 0 saturated carbocycles. The number of benzene rings is 2. The second-order valence-corrected chi connectivity index (χ2v) is 8.59. The van der Waals surface area contributed by atoms with Gasteiger partial charge in [-0.05, 0) is 55.4 Å². The number of hydrogen-bond donors (Lipinski definition) is 4. The lowest BCUT2D eigenvalue weighted by atomic mass is 9.92. The highest BCUT2D eigenvalue weighted by Gasteiger charge is 2.17. The van der Waals surface area contributed by atoms with Crippen molar-refractivity contribution in [3.05, 3.63) is 71.5 Å². The van der Waals surface area contributed by atoms with Gasteiger partial charge in [-0.2, -0.15) is 0 Å². The largest absolute Gasteiger partial charge is 0.383 e. The minimum Gasteiger partial charge on any atom is -0.383 e. The fourth-order valence-electron chi connectivity index (χ4n) is 4.79. The van der Waals surface area contributed by atoms with E-state index in [1.807, 2.05) is 0 Å². The van der Waals surface area contributed by atoms with E-state index < -0.39 is 0 Å². The van der Waals surface area contributed by atoms with Crippen molar-refractivity contribution in [2.75, 3.05) is 25.0 Å². The number of pyridine rings is 1. The van der Waals surface area contributed by atoms with Gasteiger partial charge in [-0.25, -0.2) is 0 Å². The van der Waals surface area contributed by atoms with Crippen molar-refractivity contribution in [3.8, 4) is 0 Å². The third-order valence-corrected chi connectivity index (χ3v) is 6.34. The van der Waals surface area contributed by atoms with Gasteiger partial charge < -0.3 is 21.4 Å². The highest BCUT2D eigenvalue weighted by Crippen LogP contribution is 2.33. The van der Waals surface area contributed by atoms with Gasteiger partial charge in [0.1, 0.15) is 0 Å². The molecule has 1 unspecified atom stereocenters. The highest BCUT2D eigenvalue weighted by molar-refractivity contribution is 5.93. The molecule has 0 spiro atoms. The topological polar surface area (TPSA) is 78.8 Å². The van der Waals surface area contributed by atoms with E-state index in [1.54, 1.807) is 0 Å². The molecule has 0 fully saturated rings. The molecule has 5 N–H and O–H groups in total. The molecule has 1 atom stereocenters. The number of fused-ring (bicyclic) bond motifs is 3. The quantitative estimate of drug-likeness (QED) is 0.264. The number of halogens is 2. The Labute approximate surface area is 207 Å². The van der Waals surface area contributed by atoms with Gasteiger partial charge in [0, 0.05) is 59.5 Å². The summed E-state index contributed by atoms with van der Waals surface area (Å²) >= 11 is 0. The summed E-state index contributed by atoms with van der Waals surface area (Å²) in [5.41, 5.74) is 14.0. The summed E-state index contributed by atoms with van der Waals surface area (Å²) in [5, 5.41) is 9.75. The SMILES string of the molecule is Cl.Cl.NC(CNCCNc1c2c(nc3ccccc13)CCCC2)Cc1c[nH]c2ccccc12. The van der Waals surface area contributed by atoms with Crippen molar-refractivity contribution < 1.29 is 0 Å². The van der Waals surface area contributed by atoms with Crippen LogP contribution in [-0.4, -0.2) is 35.6 Å². The van der Waals surface area contributed by atoms with Crippen LogP contribution in [0, 0.1) is 0 Å². The first-order chi connectivity index (χ1) is 15.3. The molecule has 5 rings (SSSR count). The van der Waals surface area contributed by atoms with Gasteiger partial charge in [0.15, 0.2) is 0 Å². The predicted molar refractivity (Wildman–Crippen MR) is 144 cm³/mol. The van der Waals surface area contributed by atoms with E-state index in [0.717, 1.165) is 44.4 Å². The number of H-pyrrole nitrogens is 1. The zero-order valence-corrected chi connectivity index (χ0v) is 20.4. The van der Waals surface area contributed by atoms with Crippen LogP contribution in [0.5, 0.6) is 0 Å². The average Bonchev–Trinajstić information content (AvgIpc) is 3.21. The van der Waals surface area contributed by atoms with Gasteiger partial charge in [-0.15, -0.1) is 24.8 Å². The van der Waals surface area contributed by atoms with Crippen LogP contribution in [0.15, 0.2) is 54.7 Å². The van der Waals surface area contributed by atoms with Crippen LogP contribution in [0.3, 0.4) is 0 Å². The second-order valence-electron chi connectivity index (χ2n) is 8.59. The lowest BCUT2D eigenvalue weighted by Crippen LogP contribution is -2.37. The predicted octanol–water partition coefficient (Wildman–Crippen LogP) is 5.01. The molecule has 7 heteroatoms. The molecule has 1 aliphatic carbocycles. The summed E-state index contributed by atoms with van der Waals surface area (Å²) in [7, 11) is 0. The first kappa shape index (κ1) is 25.3. The molecule has 5 nitrogen and oxygen atoms in total. The van der Waals surface area contributed by atoms with Crippen molar-refractivity contribution in [3.63, 3.8) is 0 Å². The summed E-state index contributed by atoms with van der Waals surface area (Å²) in [6, 6.07) is 17.0. The zero-order chi connectivity index (χ0) is 21.0. The molecule has 2 aromatic heterocycles. The van der Waals surface area contributed by atoms with Crippen LogP contribution in [0.2, 0.25) is 0 Å². The molecule has 0 amide bonds. The molecule has 0 saturated heterocycles. The lowest BCUT2D eigenvalue weighted by Gasteiger charge is -2.22. The first-order valence-corrected chi connectivity index (χ1v) is 11.5. The van der Waals surface area contributed by atoms with Gasteiger partial charge in [0.25, 0.3) is 0 Å². The maximum Gasteiger partial charge on any atom is 0.0726 e. The molecule has 4 aromatic rings. The van der Waals surface area contributed by atoms with Crippen molar-refractivity contribution in [2.45, 2.75) is 38.1 Å². The van der Waals surface area contributed by atoms with E-state index in [-0.39, 0.29) is 30.9 Å². The summed E-state index contributed by atoms with van der Waals surface area (Å²) in [6.07, 6.45) is 7.67. The highest BCUT2D eigenvalue weighted by atomic mass is 35.5. The number of nitrogens with zero attached hydrogens (tertiary/aromatic N) is 1. The third-order valence-electron chi connectivity index (χ3n) is 6.34. The van der Waals surface area contributed by atoms with Gasteiger partial charge in [0.2, 0.25) is 0 Å². The number of nitrogens with one attached hydrogen (secondary N) is 3. The van der Waals surface area contributed by atoms with Crippen LogP contribution in [-0.2, 0) is 19.3 Å². The molecule has 2 aromatic carbocycles. The Kier molecular flexibility index (Phi) is 8.98. The number of aromatic amines is 1. The van der Waals surface area contributed by atoms with Gasteiger partial charge in [0.05, 0.1) is 5.52 Å². The zero-order valence-electron chi connectivity index (χ0n) is 18.8. The monoisotopic (exact) mass is 485 g/mol. The van der Waals surface area contributed by atoms with E-state index in [1.165, 1.54) is 51.6 Å². The van der Waals surface area contributed by atoms with Crippen LogP contribution in [0.25, 0.3) is 21.8 Å². The standard InChI is InChI=1S/C26H31N5.2ClH/c27-19(15-18-16-30-23-10-4-1-7-20(18)23)17-28-13-14-29-26-21-8-2-5-11-24(21)31-25-12-6-3-9-22(25)26;;/h1-2,4-5,7-8,10-11,16,19,28,30H,3,6,9,12-15,17,27H2,(H,29,31);2*1H. The maximum atomic E-state index is 6.41. The molecular weight excluding hydrogens is 453 g/mol. The fourth-order valence-corrected chi connectivity index (χ4v) is 4.79. The number of aromatic nitrogens is 2. The van der Waals surface area contributed by atoms with Crippen molar-refractivity contribution in [1.29, 1.82) is 0 Å². The third kappa shape index (κ3) is 5.61. The van der Waals surface area contributed by atoms with E-state index >= 15 is 0 Å². The van der Waals surface area contributed by atoms with Crippen molar-refractivity contribution in [1.82, 2.24) is 15.3 Å². The van der Waals surface area contributed by atoms with Gasteiger partial charge >= 0.3 is 0 Å². The van der Waals surface area contributed by atoms with E-state index in [9.17, 15) is 0 Å². The Hall–Kier alpha value is -2.31. The van der Waals surface area contributed by atoms with Crippen LogP contribution >= 0.6 is 24.8 Å². The van der Waals surface area contributed by atoms with Crippen LogP contribution in [0.4, 0.5) is 5.69 Å². The van der Waals surface area contributed by atoms with Crippen LogP contribution < -0.4 is 16.4 Å². The first-order valence-electron chi connectivity index (χ1n) is 11.5. The molecule has 0 radical (unpaired) electrons. The Morgan fingerprint density at radius 2 is 1.70 bits per heavy atom. The summed E-state index contributed by atoms with van der Waals surface area (Å²) in [4.78, 5) is 8.26. The second kappa shape index (κ2) is 11.7. The summed E-state index contributed by atoms with van der Waals surface area (Å²) < 4.78 is 0. The molecule has 33 heavy (non-hydrogen) atoms. The minimum absolute atomic E-state index is 0. The average molecular weight is 486 g/mol. The molecule has 0 bridgehead atoms. The Morgan fingerprint density at radius 3 is 2.58 bits per heavy atom. The number of hydrogen-bond acceptors (Lipinski definition) is 4. The summed E-state index contributed by atoms with van der Waals surface area (Å²) in [5.74, 6) is 0. The Morgan fingerprint density at radius 1 is 0.939 bits per heavy atom. The van der Waals surface area contributed by atoms with Gasteiger partial charge in [-0.3, -0.25) is 4.98 Å². The lowest BCUT2D eigenvalue weighted by molar-refractivity contribution is 0.583. The summed E-state index contributed by atoms with van der Waals surface area (Å²) in [6.45, 7) is 2.56. The number of aryl methyl sites for hydroxylation is 1. The molecule has 0 aliphatic heterocycles. The fraction of sp³-hybridized carbons (Fsp3) is 0.346. The maximum absolute atomic E-state index is 6.41. The molecule has 2 heterocycles. The molecule has 1 aliphatic rings. The van der Waals surface area contributed by atoms with Crippen molar-refractivity contribution >= 4 is 52.3 Å². The van der Waals surface area contributed by atoms with Gasteiger partial charge in [-0.1, -0.05) is 36.4 Å². The smallest absolute Gasteiger partial charge is 0.0726 e. The molecular formula is C26H33Cl2N5. The van der Waals surface area contributed by atoms with E-state index in [2.05, 4.69) is 70.3 Å². The van der Waals surface area contributed by atoms with Crippen molar-refractivity contribution in [2.24, 2.45) is 5.73 Å². The minimum atomic E-state index is 0. The molecule has 176 valence electrons. The van der Waals surface area contributed by atoms with Crippen LogP contribution in [0.1, 0.15) is 29.7 Å².